The van der Waals surface area contributed by atoms with E-state index in [4.69, 9.17) is 0 Å². The monoisotopic (exact) mass is 265 g/mol. The number of halogens is 4. The Hall–Kier alpha value is -1.30. The van der Waals surface area contributed by atoms with Gasteiger partial charge in [-0.05, 0) is 19.0 Å². The van der Waals surface area contributed by atoms with Crippen molar-refractivity contribution in [3.63, 3.8) is 0 Å². The summed E-state index contributed by atoms with van der Waals surface area (Å²) in [6.07, 6.45) is -3.59. The van der Waals surface area contributed by atoms with Crippen molar-refractivity contribution in [1.82, 2.24) is 5.32 Å². The number of benzene rings is 1. The first kappa shape index (κ1) is 14.8. The first-order valence-corrected chi connectivity index (χ1v) is 5.61. The Morgan fingerprint density at radius 2 is 2.00 bits per heavy atom. The van der Waals surface area contributed by atoms with E-state index in [9.17, 15) is 17.6 Å². The summed E-state index contributed by atoms with van der Waals surface area (Å²) in [5, 5.41) is 2.99. The van der Waals surface area contributed by atoms with Gasteiger partial charge >= 0.3 is 6.18 Å². The highest BCUT2D eigenvalue weighted by Gasteiger charge is 2.29. The topological polar surface area (TPSA) is 21.3 Å². The molecule has 0 saturated carbocycles. The molecule has 0 aromatic heterocycles. The highest BCUT2D eigenvalue weighted by atomic mass is 19.4. The number of para-hydroxylation sites is 1. The maximum atomic E-state index is 13.4. The van der Waals surface area contributed by atoms with Crippen LogP contribution in [0.5, 0.6) is 5.75 Å². The predicted molar refractivity (Wildman–Crippen MR) is 59.9 cm³/mol. The minimum Gasteiger partial charge on any atom is -0.481 e. The minimum atomic E-state index is -4.48. The van der Waals surface area contributed by atoms with E-state index >= 15 is 0 Å². The molecule has 1 rings (SSSR count). The average Bonchev–Trinajstić information content (AvgIpc) is 2.27. The second kappa shape index (κ2) is 6.58. The largest absolute Gasteiger partial charge is 0.481 e. The molecule has 0 heterocycles. The van der Waals surface area contributed by atoms with Gasteiger partial charge in [0, 0.05) is 12.1 Å². The fourth-order valence-electron chi connectivity index (χ4n) is 1.41. The molecule has 0 saturated heterocycles. The molecule has 0 aliphatic rings. The third-order valence-corrected chi connectivity index (χ3v) is 2.17. The van der Waals surface area contributed by atoms with Crippen LogP contribution in [0, 0.1) is 5.82 Å². The summed E-state index contributed by atoms with van der Waals surface area (Å²) in [5.41, 5.74) is 0.382. The number of alkyl halides is 3. The maximum absolute atomic E-state index is 13.4. The molecule has 0 unspecified atom stereocenters. The first-order valence-electron chi connectivity index (χ1n) is 5.61. The molecule has 1 N–H and O–H groups in total. The molecule has 0 aliphatic carbocycles. The van der Waals surface area contributed by atoms with Gasteiger partial charge in [0.1, 0.15) is 0 Å². The molecular formula is C12H15F4NO. The van der Waals surface area contributed by atoms with E-state index < -0.39 is 18.6 Å². The molecular weight excluding hydrogens is 250 g/mol. The average molecular weight is 265 g/mol. The van der Waals surface area contributed by atoms with Crippen LogP contribution in [0.1, 0.15) is 18.9 Å². The lowest BCUT2D eigenvalue weighted by Gasteiger charge is -2.14. The van der Waals surface area contributed by atoms with Crippen LogP contribution in [0.2, 0.25) is 0 Å². The van der Waals surface area contributed by atoms with Crippen molar-refractivity contribution in [2.24, 2.45) is 0 Å². The zero-order valence-corrected chi connectivity index (χ0v) is 9.98. The predicted octanol–water partition coefficient (Wildman–Crippen LogP) is 3.27. The molecule has 0 aliphatic heterocycles. The highest BCUT2D eigenvalue weighted by molar-refractivity contribution is 5.34. The van der Waals surface area contributed by atoms with E-state index in [0.717, 1.165) is 12.5 Å². The zero-order valence-electron chi connectivity index (χ0n) is 9.98. The van der Waals surface area contributed by atoms with Gasteiger partial charge in [-0.15, -0.1) is 0 Å². The molecule has 1 aromatic rings. The van der Waals surface area contributed by atoms with Gasteiger partial charge in [-0.2, -0.15) is 13.2 Å². The summed E-state index contributed by atoms with van der Waals surface area (Å²) >= 11 is 0. The number of rotatable bonds is 6. The van der Waals surface area contributed by atoms with Gasteiger partial charge in [0.05, 0.1) is 0 Å². The fraction of sp³-hybridized carbons (Fsp3) is 0.500. The van der Waals surface area contributed by atoms with Crippen LogP contribution in [0.3, 0.4) is 0 Å². The van der Waals surface area contributed by atoms with Crippen LogP contribution < -0.4 is 10.1 Å². The van der Waals surface area contributed by atoms with Gasteiger partial charge in [0.15, 0.2) is 18.2 Å². The summed E-state index contributed by atoms with van der Waals surface area (Å²) in [4.78, 5) is 0. The van der Waals surface area contributed by atoms with Crippen molar-refractivity contribution in [3.05, 3.63) is 29.6 Å². The summed E-state index contributed by atoms with van der Waals surface area (Å²) in [6.45, 7) is 1.45. The Morgan fingerprint density at radius 1 is 1.28 bits per heavy atom. The van der Waals surface area contributed by atoms with Crippen LogP contribution in [-0.4, -0.2) is 19.3 Å². The Labute approximate surface area is 103 Å². The van der Waals surface area contributed by atoms with E-state index in [-0.39, 0.29) is 12.3 Å². The van der Waals surface area contributed by atoms with Crippen LogP contribution in [0.4, 0.5) is 17.6 Å². The molecule has 0 atom stereocenters. The summed E-state index contributed by atoms with van der Waals surface area (Å²) in [6, 6.07) is 4.06. The Balaban J connectivity index is 2.74. The van der Waals surface area contributed by atoms with Crippen molar-refractivity contribution in [1.29, 1.82) is 0 Å². The third kappa shape index (κ3) is 4.91. The van der Waals surface area contributed by atoms with Crippen molar-refractivity contribution >= 4 is 0 Å². The Bertz CT molecular complexity index is 379. The summed E-state index contributed by atoms with van der Waals surface area (Å²) in [5.74, 6) is -1.12. The molecule has 0 fully saturated rings. The molecule has 1 aromatic carbocycles. The zero-order chi connectivity index (χ0) is 13.6. The van der Waals surface area contributed by atoms with Crippen LogP contribution in [0.25, 0.3) is 0 Å². The number of hydrogen-bond donors (Lipinski definition) is 1. The minimum absolute atomic E-state index is 0.277. The normalized spacial score (nSPS) is 11.6. The quantitative estimate of drug-likeness (QED) is 0.629. The lowest BCUT2D eigenvalue weighted by atomic mass is 10.2. The molecule has 0 spiro atoms. The number of hydrogen-bond acceptors (Lipinski definition) is 2. The van der Waals surface area contributed by atoms with Gasteiger partial charge < -0.3 is 10.1 Å². The van der Waals surface area contributed by atoms with Gasteiger partial charge in [-0.25, -0.2) is 4.39 Å². The second-order valence-electron chi connectivity index (χ2n) is 3.81. The molecule has 0 amide bonds. The van der Waals surface area contributed by atoms with E-state index in [1.807, 2.05) is 6.92 Å². The number of ether oxygens (including phenoxy) is 1. The lowest BCUT2D eigenvalue weighted by molar-refractivity contribution is -0.153. The lowest BCUT2D eigenvalue weighted by Crippen LogP contribution is -2.21. The Kier molecular flexibility index (Phi) is 5.40. The SMILES string of the molecule is CCCNCc1cccc(F)c1OCC(F)(F)F. The fourth-order valence-corrected chi connectivity index (χ4v) is 1.41. The van der Waals surface area contributed by atoms with Gasteiger partial charge in [-0.1, -0.05) is 19.1 Å². The molecule has 0 radical (unpaired) electrons. The molecule has 6 heteroatoms. The third-order valence-electron chi connectivity index (χ3n) is 2.17. The van der Waals surface area contributed by atoms with Crippen molar-refractivity contribution in [3.8, 4) is 5.75 Å². The molecule has 2 nitrogen and oxygen atoms in total. The van der Waals surface area contributed by atoms with Gasteiger partial charge in [0.2, 0.25) is 0 Å². The molecule has 0 bridgehead atoms. The van der Waals surface area contributed by atoms with E-state index in [2.05, 4.69) is 10.1 Å². The van der Waals surface area contributed by atoms with E-state index in [1.165, 1.54) is 12.1 Å². The molecule has 18 heavy (non-hydrogen) atoms. The van der Waals surface area contributed by atoms with Gasteiger partial charge in [-0.3, -0.25) is 0 Å². The van der Waals surface area contributed by atoms with Crippen LogP contribution in [-0.2, 0) is 6.54 Å². The number of nitrogens with one attached hydrogen (secondary N) is 1. The maximum Gasteiger partial charge on any atom is 0.422 e. The van der Waals surface area contributed by atoms with Crippen molar-refractivity contribution in [2.45, 2.75) is 26.1 Å². The Morgan fingerprint density at radius 3 is 2.61 bits per heavy atom. The van der Waals surface area contributed by atoms with E-state index in [0.29, 0.717) is 12.1 Å². The van der Waals surface area contributed by atoms with Crippen molar-refractivity contribution < 1.29 is 22.3 Å². The van der Waals surface area contributed by atoms with Crippen molar-refractivity contribution in [2.75, 3.05) is 13.2 Å². The molecule has 102 valence electrons. The van der Waals surface area contributed by atoms with Crippen LogP contribution in [0.15, 0.2) is 18.2 Å². The standard InChI is InChI=1S/C12H15F4NO/c1-2-6-17-7-9-4-3-5-10(13)11(9)18-8-12(14,15)16/h3-5,17H,2,6-8H2,1H3. The summed E-state index contributed by atoms with van der Waals surface area (Å²) < 4.78 is 54.1. The second-order valence-corrected chi connectivity index (χ2v) is 3.81. The summed E-state index contributed by atoms with van der Waals surface area (Å²) in [7, 11) is 0. The highest BCUT2D eigenvalue weighted by Crippen LogP contribution is 2.25. The van der Waals surface area contributed by atoms with E-state index in [1.54, 1.807) is 0 Å². The van der Waals surface area contributed by atoms with Crippen LogP contribution >= 0.6 is 0 Å². The smallest absolute Gasteiger partial charge is 0.422 e. The first-order chi connectivity index (χ1) is 8.44. The van der Waals surface area contributed by atoms with Gasteiger partial charge in [0.25, 0.3) is 0 Å².